The van der Waals surface area contributed by atoms with Crippen molar-refractivity contribution in [3.05, 3.63) is 59.4 Å². The molecule has 4 rings (SSSR count). The van der Waals surface area contributed by atoms with Gasteiger partial charge in [0.1, 0.15) is 5.82 Å². The molecule has 2 aromatic heterocycles. The van der Waals surface area contributed by atoms with Crippen molar-refractivity contribution in [1.29, 1.82) is 0 Å². The van der Waals surface area contributed by atoms with Crippen LogP contribution in [0, 0.1) is 0 Å². The molecule has 130 valence electrons. The number of imidazole rings is 1. The van der Waals surface area contributed by atoms with E-state index in [2.05, 4.69) is 30.5 Å². The third-order valence-electron chi connectivity index (χ3n) is 3.88. The summed E-state index contributed by atoms with van der Waals surface area (Å²) in [6.45, 7) is 0. The van der Waals surface area contributed by atoms with Gasteiger partial charge in [-0.15, -0.1) is 5.10 Å². The molecule has 7 nitrogen and oxygen atoms in total. The molecule has 0 unspecified atom stereocenters. The average Bonchev–Trinajstić information content (AvgIpc) is 3.27. The van der Waals surface area contributed by atoms with Crippen LogP contribution in [-0.2, 0) is 11.2 Å². The number of fused-ring (bicyclic) bond motifs is 1. The van der Waals surface area contributed by atoms with Crippen LogP contribution in [0.4, 0.5) is 5.95 Å². The summed E-state index contributed by atoms with van der Waals surface area (Å²) in [6.07, 6.45) is 0.791. The van der Waals surface area contributed by atoms with Gasteiger partial charge >= 0.3 is 0 Å². The highest BCUT2D eigenvalue weighted by molar-refractivity contribution is 6.30. The third kappa shape index (κ3) is 3.57. The summed E-state index contributed by atoms with van der Waals surface area (Å²) in [5, 5.41) is 10.2. The van der Waals surface area contributed by atoms with E-state index in [9.17, 15) is 4.79 Å². The number of nitrogens with one attached hydrogen (secondary N) is 3. The molecule has 1 amide bonds. The number of amides is 1. The number of halogens is 1. The van der Waals surface area contributed by atoms with Crippen LogP contribution in [0.1, 0.15) is 12.2 Å². The van der Waals surface area contributed by atoms with Crippen molar-refractivity contribution in [3.8, 4) is 11.4 Å². The van der Waals surface area contributed by atoms with Crippen LogP contribution >= 0.6 is 11.6 Å². The first kappa shape index (κ1) is 16.3. The highest BCUT2D eigenvalue weighted by Crippen LogP contribution is 2.19. The molecule has 0 spiro atoms. The molecular formula is C18H15ClN6O. The summed E-state index contributed by atoms with van der Waals surface area (Å²) < 4.78 is 0. The van der Waals surface area contributed by atoms with Crippen molar-refractivity contribution in [2.75, 3.05) is 5.32 Å². The fraction of sp³-hybridized carbons (Fsp3) is 0.111. The molecule has 0 bridgehead atoms. The average molecular weight is 367 g/mol. The van der Waals surface area contributed by atoms with Gasteiger partial charge in [0, 0.05) is 23.4 Å². The van der Waals surface area contributed by atoms with E-state index in [0.29, 0.717) is 17.3 Å². The lowest BCUT2D eigenvalue weighted by molar-refractivity contribution is -0.116. The minimum Gasteiger partial charge on any atom is -0.342 e. The lowest BCUT2D eigenvalue weighted by atomic mass is 10.2. The Morgan fingerprint density at radius 3 is 2.69 bits per heavy atom. The van der Waals surface area contributed by atoms with Crippen LogP contribution in [0.3, 0.4) is 0 Å². The van der Waals surface area contributed by atoms with Gasteiger partial charge in [0.2, 0.25) is 11.9 Å². The zero-order valence-corrected chi connectivity index (χ0v) is 14.4. The summed E-state index contributed by atoms with van der Waals surface area (Å²) in [5.41, 5.74) is 2.69. The first-order valence-electron chi connectivity index (χ1n) is 8.09. The van der Waals surface area contributed by atoms with Gasteiger partial charge in [-0.05, 0) is 36.4 Å². The normalized spacial score (nSPS) is 11.0. The SMILES string of the molecule is O=C(CCc1nc2ccccc2[nH]1)Nc1n[nH]c(-c2ccc(Cl)cc2)n1. The first-order chi connectivity index (χ1) is 12.7. The monoisotopic (exact) mass is 366 g/mol. The molecule has 2 heterocycles. The maximum absolute atomic E-state index is 12.1. The van der Waals surface area contributed by atoms with E-state index in [1.807, 2.05) is 36.4 Å². The molecule has 8 heteroatoms. The predicted molar refractivity (Wildman–Crippen MR) is 99.9 cm³/mol. The van der Waals surface area contributed by atoms with Crippen molar-refractivity contribution in [3.63, 3.8) is 0 Å². The second kappa shape index (κ2) is 6.97. The van der Waals surface area contributed by atoms with Gasteiger partial charge in [0.25, 0.3) is 0 Å². The van der Waals surface area contributed by atoms with Crippen LogP contribution in [0.15, 0.2) is 48.5 Å². The summed E-state index contributed by atoms with van der Waals surface area (Å²) >= 11 is 5.87. The molecule has 0 saturated carbocycles. The Labute approximate surface area is 153 Å². The Morgan fingerprint density at radius 2 is 1.88 bits per heavy atom. The van der Waals surface area contributed by atoms with E-state index < -0.39 is 0 Å². The minimum absolute atomic E-state index is 0.174. The molecule has 0 aliphatic heterocycles. The third-order valence-corrected chi connectivity index (χ3v) is 4.13. The fourth-order valence-corrected chi connectivity index (χ4v) is 2.72. The van der Waals surface area contributed by atoms with E-state index in [0.717, 1.165) is 22.4 Å². The van der Waals surface area contributed by atoms with Gasteiger partial charge < -0.3 is 4.98 Å². The number of hydrogen-bond acceptors (Lipinski definition) is 4. The minimum atomic E-state index is -0.174. The number of para-hydroxylation sites is 2. The molecule has 0 aliphatic rings. The molecule has 26 heavy (non-hydrogen) atoms. The van der Waals surface area contributed by atoms with E-state index >= 15 is 0 Å². The van der Waals surface area contributed by atoms with Gasteiger partial charge in [-0.2, -0.15) is 4.98 Å². The Morgan fingerprint density at radius 1 is 1.08 bits per heavy atom. The number of carbonyl (C=O) groups excluding carboxylic acids is 1. The summed E-state index contributed by atoms with van der Waals surface area (Å²) in [7, 11) is 0. The highest BCUT2D eigenvalue weighted by atomic mass is 35.5. The number of aromatic amines is 2. The molecule has 0 atom stereocenters. The number of anilines is 1. The zero-order chi connectivity index (χ0) is 17.9. The van der Waals surface area contributed by atoms with Crippen LogP contribution in [0.2, 0.25) is 5.02 Å². The summed E-state index contributed by atoms with van der Waals surface area (Å²) in [5.74, 6) is 1.41. The lowest BCUT2D eigenvalue weighted by Gasteiger charge is -1.99. The largest absolute Gasteiger partial charge is 0.342 e. The van der Waals surface area contributed by atoms with Crippen molar-refractivity contribution >= 4 is 34.5 Å². The number of aryl methyl sites for hydroxylation is 1. The van der Waals surface area contributed by atoms with Crippen molar-refractivity contribution < 1.29 is 4.79 Å². The molecule has 2 aromatic carbocycles. The van der Waals surface area contributed by atoms with Crippen LogP contribution in [-0.4, -0.2) is 31.1 Å². The Balaban J connectivity index is 1.36. The number of hydrogen-bond donors (Lipinski definition) is 3. The zero-order valence-electron chi connectivity index (χ0n) is 13.7. The molecule has 0 saturated heterocycles. The van der Waals surface area contributed by atoms with E-state index in [1.165, 1.54) is 0 Å². The molecule has 0 fully saturated rings. The number of carbonyl (C=O) groups is 1. The van der Waals surface area contributed by atoms with Crippen LogP contribution in [0.25, 0.3) is 22.4 Å². The number of aromatic nitrogens is 5. The van der Waals surface area contributed by atoms with Crippen molar-refractivity contribution in [1.82, 2.24) is 25.1 Å². The van der Waals surface area contributed by atoms with Crippen LogP contribution < -0.4 is 5.32 Å². The molecule has 3 N–H and O–H groups in total. The second-order valence-corrected chi connectivity index (χ2v) is 6.20. The van der Waals surface area contributed by atoms with Crippen molar-refractivity contribution in [2.45, 2.75) is 12.8 Å². The topological polar surface area (TPSA) is 99.4 Å². The Hall–Kier alpha value is -3.19. The molecule has 0 aliphatic carbocycles. The molecule has 0 radical (unpaired) electrons. The fourth-order valence-electron chi connectivity index (χ4n) is 2.60. The summed E-state index contributed by atoms with van der Waals surface area (Å²) in [4.78, 5) is 24.1. The Kier molecular flexibility index (Phi) is 4.37. The Bertz CT molecular complexity index is 1020. The first-order valence-corrected chi connectivity index (χ1v) is 8.47. The maximum Gasteiger partial charge on any atom is 0.249 e. The molecule has 4 aromatic rings. The molecular weight excluding hydrogens is 352 g/mol. The van der Waals surface area contributed by atoms with E-state index in [-0.39, 0.29) is 18.3 Å². The smallest absolute Gasteiger partial charge is 0.249 e. The van der Waals surface area contributed by atoms with Gasteiger partial charge in [-0.3, -0.25) is 15.2 Å². The second-order valence-electron chi connectivity index (χ2n) is 5.76. The quantitative estimate of drug-likeness (QED) is 0.502. The van der Waals surface area contributed by atoms with E-state index in [4.69, 9.17) is 11.6 Å². The number of benzene rings is 2. The van der Waals surface area contributed by atoms with Gasteiger partial charge in [0.05, 0.1) is 11.0 Å². The number of H-pyrrole nitrogens is 2. The summed E-state index contributed by atoms with van der Waals surface area (Å²) in [6, 6.07) is 15.0. The van der Waals surface area contributed by atoms with Crippen molar-refractivity contribution in [2.24, 2.45) is 0 Å². The predicted octanol–water partition coefficient (Wildman–Crippen LogP) is 3.57. The van der Waals surface area contributed by atoms with E-state index in [1.54, 1.807) is 12.1 Å². The number of nitrogens with zero attached hydrogens (tertiary/aromatic N) is 3. The van der Waals surface area contributed by atoms with Crippen LogP contribution in [0.5, 0.6) is 0 Å². The maximum atomic E-state index is 12.1. The highest BCUT2D eigenvalue weighted by Gasteiger charge is 2.10. The number of rotatable bonds is 5. The van der Waals surface area contributed by atoms with Gasteiger partial charge in [-0.25, -0.2) is 4.98 Å². The van der Waals surface area contributed by atoms with Gasteiger partial charge in [0.15, 0.2) is 5.82 Å². The lowest BCUT2D eigenvalue weighted by Crippen LogP contribution is -2.13. The standard InChI is InChI=1S/C18H15ClN6O/c19-12-7-5-11(6-8-12)17-23-18(25-24-17)22-16(26)10-9-15-20-13-3-1-2-4-14(13)21-15/h1-8H,9-10H2,(H,20,21)(H2,22,23,24,25,26). The van der Waals surface area contributed by atoms with Gasteiger partial charge in [-0.1, -0.05) is 23.7 Å².